The molecule has 106 valence electrons. The molecule has 0 heterocycles. The number of halogens is 1. The van der Waals surface area contributed by atoms with Crippen LogP contribution < -0.4 is 4.74 Å². The van der Waals surface area contributed by atoms with Crippen LogP contribution >= 0.6 is 0 Å². The second kappa shape index (κ2) is 6.02. The van der Waals surface area contributed by atoms with Crippen molar-refractivity contribution in [2.75, 3.05) is 13.7 Å². The zero-order chi connectivity index (χ0) is 14.6. The van der Waals surface area contributed by atoms with E-state index in [2.05, 4.69) is 4.74 Å². The maximum absolute atomic E-state index is 14.1. The molecule has 0 radical (unpaired) electrons. The quantitative estimate of drug-likeness (QED) is 0.833. The predicted octanol–water partition coefficient (Wildman–Crippen LogP) is 2.11. The summed E-state index contributed by atoms with van der Waals surface area (Å²) in [7, 11) is 1.42. The summed E-state index contributed by atoms with van der Waals surface area (Å²) in [5.74, 6) is -0.765. The van der Waals surface area contributed by atoms with Gasteiger partial charge in [0, 0.05) is 5.56 Å². The number of benzene rings is 1. The zero-order valence-corrected chi connectivity index (χ0v) is 11.6. The smallest absolute Gasteiger partial charge is 0.344 e. The van der Waals surface area contributed by atoms with E-state index in [1.165, 1.54) is 14.0 Å². The number of aliphatic hydroxyl groups is 1. The van der Waals surface area contributed by atoms with E-state index in [4.69, 9.17) is 4.74 Å². The molecular formula is C14H19FO4. The van der Waals surface area contributed by atoms with Gasteiger partial charge in [0.1, 0.15) is 11.4 Å². The van der Waals surface area contributed by atoms with Gasteiger partial charge in [0.2, 0.25) is 6.17 Å². The fourth-order valence-electron chi connectivity index (χ4n) is 1.80. The number of hydrogen-bond acceptors (Lipinski definition) is 4. The van der Waals surface area contributed by atoms with Crippen molar-refractivity contribution in [1.29, 1.82) is 0 Å². The van der Waals surface area contributed by atoms with Gasteiger partial charge in [-0.3, -0.25) is 0 Å². The van der Waals surface area contributed by atoms with Gasteiger partial charge < -0.3 is 14.6 Å². The molecule has 0 bridgehead atoms. The van der Waals surface area contributed by atoms with E-state index in [1.807, 2.05) is 0 Å². The highest BCUT2D eigenvalue weighted by molar-refractivity contribution is 5.76. The van der Waals surface area contributed by atoms with E-state index in [9.17, 15) is 14.3 Å². The van der Waals surface area contributed by atoms with Gasteiger partial charge in [-0.15, -0.1) is 0 Å². The normalized spacial score (nSPS) is 15.5. The zero-order valence-electron chi connectivity index (χ0n) is 11.6. The molecule has 0 fully saturated rings. The minimum Gasteiger partial charge on any atom is -0.496 e. The van der Waals surface area contributed by atoms with E-state index >= 15 is 0 Å². The Hall–Kier alpha value is -1.62. The van der Waals surface area contributed by atoms with E-state index < -0.39 is 17.7 Å². The minimum absolute atomic E-state index is 0.0558. The lowest BCUT2D eigenvalue weighted by Crippen LogP contribution is -2.40. The molecule has 1 aromatic rings. The maximum Gasteiger partial charge on any atom is 0.344 e. The fourth-order valence-corrected chi connectivity index (χ4v) is 1.80. The largest absolute Gasteiger partial charge is 0.496 e. The molecule has 1 rings (SSSR count). The molecule has 1 aromatic carbocycles. The van der Waals surface area contributed by atoms with Crippen molar-refractivity contribution in [3.63, 3.8) is 0 Å². The lowest BCUT2D eigenvalue weighted by atomic mass is 9.89. The molecule has 2 atom stereocenters. The van der Waals surface area contributed by atoms with E-state index in [0.717, 1.165) is 5.56 Å². The number of hydrogen-bond donors (Lipinski definition) is 1. The third kappa shape index (κ3) is 3.23. The van der Waals surface area contributed by atoms with Crippen LogP contribution in [0.4, 0.5) is 4.39 Å². The Morgan fingerprint density at radius 1 is 1.53 bits per heavy atom. The first-order chi connectivity index (χ1) is 8.84. The maximum atomic E-state index is 14.1. The standard InChI is InChI=1S/C14H19FO4/c1-5-19-13(16)12(15)14(3,17)10-8-9(2)6-7-11(10)18-4/h6-8,12,17H,5H2,1-4H3. The topological polar surface area (TPSA) is 55.8 Å². The van der Waals surface area contributed by atoms with Gasteiger partial charge in [0.05, 0.1) is 13.7 Å². The Balaban J connectivity index is 3.18. The second-order valence-electron chi connectivity index (χ2n) is 4.47. The summed E-state index contributed by atoms with van der Waals surface area (Å²) in [6, 6.07) is 4.98. The molecule has 19 heavy (non-hydrogen) atoms. The first-order valence-electron chi connectivity index (χ1n) is 6.02. The molecular weight excluding hydrogens is 251 g/mol. The Morgan fingerprint density at radius 3 is 2.68 bits per heavy atom. The van der Waals surface area contributed by atoms with Crippen LogP contribution in [0.5, 0.6) is 5.75 Å². The van der Waals surface area contributed by atoms with Crippen LogP contribution in [0, 0.1) is 6.92 Å². The summed E-state index contributed by atoms with van der Waals surface area (Å²) < 4.78 is 23.8. The molecule has 1 N–H and O–H groups in total. The summed E-state index contributed by atoms with van der Waals surface area (Å²) in [6.07, 6.45) is -2.18. The molecule has 0 spiro atoms. The van der Waals surface area contributed by atoms with Crippen molar-refractivity contribution < 1.29 is 23.8 Å². The van der Waals surface area contributed by atoms with Gasteiger partial charge in [0.15, 0.2) is 0 Å². The summed E-state index contributed by atoms with van der Waals surface area (Å²) in [4.78, 5) is 11.4. The first kappa shape index (κ1) is 15.4. The lowest BCUT2D eigenvalue weighted by molar-refractivity contribution is -0.160. The Morgan fingerprint density at radius 2 is 2.16 bits per heavy atom. The Kier molecular flexibility index (Phi) is 4.89. The monoisotopic (exact) mass is 270 g/mol. The number of ether oxygens (including phenoxy) is 2. The van der Waals surface area contributed by atoms with Crippen molar-refractivity contribution >= 4 is 5.97 Å². The molecule has 5 heteroatoms. The highest BCUT2D eigenvalue weighted by Gasteiger charge is 2.42. The number of esters is 1. The number of carbonyl (C=O) groups is 1. The van der Waals surface area contributed by atoms with Gasteiger partial charge in [-0.25, -0.2) is 9.18 Å². The number of alkyl halides is 1. The Bertz CT molecular complexity index is 457. The van der Waals surface area contributed by atoms with Crippen LogP contribution in [0.2, 0.25) is 0 Å². The van der Waals surface area contributed by atoms with Crippen molar-refractivity contribution in [3.8, 4) is 5.75 Å². The van der Waals surface area contributed by atoms with Crippen LogP contribution in [-0.2, 0) is 15.1 Å². The van der Waals surface area contributed by atoms with Gasteiger partial charge in [-0.05, 0) is 32.9 Å². The Labute approximate surface area is 112 Å². The molecule has 0 aliphatic carbocycles. The van der Waals surface area contributed by atoms with E-state index in [-0.39, 0.29) is 12.2 Å². The molecule has 0 saturated heterocycles. The lowest BCUT2D eigenvalue weighted by Gasteiger charge is -2.28. The highest BCUT2D eigenvalue weighted by atomic mass is 19.1. The molecule has 0 aliphatic rings. The highest BCUT2D eigenvalue weighted by Crippen LogP contribution is 2.35. The average molecular weight is 270 g/mol. The molecule has 0 aromatic heterocycles. The third-order valence-corrected chi connectivity index (χ3v) is 2.89. The second-order valence-corrected chi connectivity index (χ2v) is 4.47. The van der Waals surface area contributed by atoms with E-state index in [1.54, 1.807) is 32.0 Å². The van der Waals surface area contributed by atoms with Crippen LogP contribution in [0.15, 0.2) is 18.2 Å². The molecule has 0 amide bonds. The van der Waals surface area contributed by atoms with Gasteiger partial charge >= 0.3 is 5.97 Å². The van der Waals surface area contributed by atoms with Gasteiger partial charge in [-0.2, -0.15) is 0 Å². The van der Waals surface area contributed by atoms with Gasteiger partial charge in [0.25, 0.3) is 0 Å². The summed E-state index contributed by atoms with van der Waals surface area (Å²) >= 11 is 0. The van der Waals surface area contributed by atoms with Crippen molar-refractivity contribution in [2.45, 2.75) is 32.5 Å². The van der Waals surface area contributed by atoms with Crippen LogP contribution in [0.25, 0.3) is 0 Å². The summed E-state index contributed by atoms with van der Waals surface area (Å²) in [5.41, 5.74) is -0.966. The van der Waals surface area contributed by atoms with Crippen molar-refractivity contribution in [3.05, 3.63) is 29.3 Å². The third-order valence-electron chi connectivity index (χ3n) is 2.89. The van der Waals surface area contributed by atoms with E-state index in [0.29, 0.717) is 5.75 Å². The molecule has 4 nitrogen and oxygen atoms in total. The van der Waals surface area contributed by atoms with Crippen molar-refractivity contribution in [1.82, 2.24) is 0 Å². The number of aryl methyl sites for hydroxylation is 1. The van der Waals surface area contributed by atoms with Crippen LogP contribution in [0.1, 0.15) is 25.0 Å². The predicted molar refractivity (Wildman–Crippen MR) is 68.8 cm³/mol. The molecule has 0 aliphatic heterocycles. The molecule has 2 unspecified atom stereocenters. The fraction of sp³-hybridized carbons (Fsp3) is 0.500. The number of methoxy groups -OCH3 is 1. The first-order valence-corrected chi connectivity index (χ1v) is 6.02. The van der Waals surface area contributed by atoms with Crippen molar-refractivity contribution in [2.24, 2.45) is 0 Å². The molecule has 0 saturated carbocycles. The minimum atomic E-state index is -2.18. The average Bonchev–Trinajstić information content (AvgIpc) is 2.38. The summed E-state index contributed by atoms with van der Waals surface area (Å²) in [5, 5.41) is 10.3. The van der Waals surface area contributed by atoms with Crippen LogP contribution in [0.3, 0.4) is 0 Å². The van der Waals surface area contributed by atoms with Gasteiger partial charge in [-0.1, -0.05) is 11.6 Å². The number of rotatable bonds is 5. The SMILES string of the molecule is CCOC(=O)C(F)C(C)(O)c1cc(C)ccc1OC. The van der Waals surface area contributed by atoms with Crippen LogP contribution in [-0.4, -0.2) is 31.0 Å². The number of carbonyl (C=O) groups excluding carboxylic acids is 1. The summed E-state index contributed by atoms with van der Waals surface area (Å²) in [6.45, 7) is 4.66.